The number of carbonyl (C=O) groups excluding carboxylic acids is 1. The second-order valence-electron chi connectivity index (χ2n) is 9.46. The molecule has 0 saturated carbocycles. The Labute approximate surface area is 206 Å². The van der Waals surface area contributed by atoms with Gasteiger partial charge in [0.05, 0.1) is 11.6 Å². The van der Waals surface area contributed by atoms with Gasteiger partial charge in [-0.1, -0.05) is 67.6 Å². The minimum absolute atomic E-state index is 0.0992. The van der Waals surface area contributed by atoms with Crippen LogP contribution in [0.3, 0.4) is 0 Å². The molecule has 3 aromatic rings. The molecule has 2 heterocycles. The van der Waals surface area contributed by atoms with Crippen molar-refractivity contribution in [1.29, 1.82) is 0 Å². The molecule has 0 fully saturated rings. The fourth-order valence-electron chi connectivity index (χ4n) is 4.32. The van der Waals surface area contributed by atoms with Crippen molar-refractivity contribution in [1.82, 2.24) is 14.8 Å². The molecule has 0 spiro atoms. The SMILES string of the molecule is CC1=C(C(=O)Nc2ccc(C)cc2C)[C@H](CC(C)C)n2nc(SCc3ccccc3C)nc2N1. The highest BCUT2D eigenvalue weighted by molar-refractivity contribution is 7.98. The largest absolute Gasteiger partial charge is 0.328 e. The summed E-state index contributed by atoms with van der Waals surface area (Å²) in [6.45, 7) is 12.5. The fourth-order valence-corrected chi connectivity index (χ4v) is 5.22. The van der Waals surface area contributed by atoms with Crippen LogP contribution in [0, 0.1) is 26.7 Å². The average molecular weight is 476 g/mol. The number of nitrogens with zero attached hydrogens (tertiary/aromatic N) is 3. The van der Waals surface area contributed by atoms with Crippen LogP contribution in [0.5, 0.6) is 0 Å². The van der Waals surface area contributed by atoms with Gasteiger partial charge in [-0.15, -0.1) is 5.10 Å². The maximum absolute atomic E-state index is 13.5. The first-order valence-corrected chi connectivity index (χ1v) is 12.7. The molecule has 0 unspecified atom stereocenters. The van der Waals surface area contributed by atoms with Crippen molar-refractivity contribution >= 4 is 29.3 Å². The number of aromatic nitrogens is 3. The van der Waals surface area contributed by atoms with E-state index in [-0.39, 0.29) is 11.9 Å². The number of amides is 1. The van der Waals surface area contributed by atoms with Gasteiger partial charge >= 0.3 is 0 Å². The Kier molecular flexibility index (Phi) is 7.12. The Morgan fingerprint density at radius 1 is 1.12 bits per heavy atom. The van der Waals surface area contributed by atoms with Crippen LogP contribution in [-0.2, 0) is 10.5 Å². The molecule has 1 aromatic heterocycles. The smallest absolute Gasteiger partial charge is 0.255 e. The molecule has 0 bridgehead atoms. The average Bonchev–Trinajstić information content (AvgIpc) is 3.17. The van der Waals surface area contributed by atoms with E-state index in [1.54, 1.807) is 11.8 Å². The van der Waals surface area contributed by atoms with Gasteiger partial charge in [0, 0.05) is 17.1 Å². The van der Waals surface area contributed by atoms with Crippen LogP contribution < -0.4 is 10.6 Å². The van der Waals surface area contributed by atoms with Gasteiger partial charge in [0.25, 0.3) is 5.91 Å². The van der Waals surface area contributed by atoms with Crippen LogP contribution >= 0.6 is 11.8 Å². The number of fused-ring (bicyclic) bond motifs is 1. The van der Waals surface area contributed by atoms with Gasteiger partial charge < -0.3 is 10.6 Å². The number of anilines is 2. The molecule has 4 rings (SSSR count). The Morgan fingerprint density at radius 2 is 1.88 bits per heavy atom. The topological polar surface area (TPSA) is 71.8 Å². The maximum Gasteiger partial charge on any atom is 0.255 e. The van der Waals surface area contributed by atoms with Crippen molar-refractivity contribution < 1.29 is 4.79 Å². The molecule has 0 saturated heterocycles. The molecule has 178 valence electrons. The van der Waals surface area contributed by atoms with Crippen LogP contribution in [0.25, 0.3) is 0 Å². The Bertz CT molecular complexity index is 1240. The summed E-state index contributed by atoms with van der Waals surface area (Å²) in [6, 6.07) is 14.3. The molecule has 1 amide bonds. The number of thioether (sulfide) groups is 1. The second kappa shape index (κ2) is 10.1. The Hall–Kier alpha value is -3.06. The van der Waals surface area contributed by atoms with E-state index in [9.17, 15) is 4.79 Å². The zero-order chi connectivity index (χ0) is 24.4. The summed E-state index contributed by atoms with van der Waals surface area (Å²) in [5.41, 5.74) is 7.12. The molecule has 0 radical (unpaired) electrons. The highest BCUT2D eigenvalue weighted by Crippen LogP contribution is 2.36. The number of nitrogens with one attached hydrogen (secondary N) is 2. The predicted molar refractivity (Wildman–Crippen MR) is 140 cm³/mol. The molecule has 34 heavy (non-hydrogen) atoms. The predicted octanol–water partition coefficient (Wildman–Crippen LogP) is 6.42. The Balaban J connectivity index is 1.59. The van der Waals surface area contributed by atoms with Gasteiger partial charge in [0.15, 0.2) is 0 Å². The molecular formula is C27H33N5OS. The van der Waals surface area contributed by atoms with Crippen molar-refractivity contribution in [3.63, 3.8) is 0 Å². The number of hydrogen-bond acceptors (Lipinski definition) is 5. The summed E-state index contributed by atoms with van der Waals surface area (Å²) in [5.74, 6) is 1.79. The molecule has 7 heteroatoms. The minimum Gasteiger partial charge on any atom is -0.328 e. The first-order valence-electron chi connectivity index (χ1n) is 11.7. The zero-order valence-electron chi connectivity index (χ0n) is 20.8. The van der Waals surface area contributed by atoms with Gasteiger partial charge in [-0.3, -0.25) is 4.79 Å². The van der Waals surface area contributed by atoms with Gasteiger partial charge in [-0.25, -0.2) is 4.68 Å². The maximum atomic E-state index is 13.5. The fraction of sp³-hybridized carbons (Fsp3) is 0.370. The summed E-state index contributed by atoms with van der Waals surface area (Å²) < 4.78 is 1.89. The van der Waals surface area contributed by atoms with E-state index >= 15 is 0 Å². The number of carbonyl (C=O) groups is 1. The van der Waals surface area contributed by atoms with E-state index in [2.05, 4.69) is 68.7 Å². The van der Waals surface area contributed by atoms with E-state index in [4.69, 9.17) is 10.1 Å². The molecule has 0 aliphatic carbocycles. The molecule has 1 aliphatic heterocycles. The Morgan fingerprint density at radius 3 is 2.59 bits per heavy atom. The normalized spacial score (nSPS) is 15.3. The third kappa shape index (κ3) is 5.20. The third-order valence-corrected chi connectivity index (χ3v) is 7.02. The van der Waals surface area contributed by atoms with Crippen molar-refractivity contribution in [2.75, 3.05) is 10.6 Å². The van der Waals surface area contributed by atoms with Crippen molar-refractivity contribution in [3.8, 4) is 0 Å². The van der Waals surface area contributed by atoms with Gasteiger partial charge in [0.1, 0.15) is 0 Å². The molecule has 1 atom stereocenters. The standard InChI is InChI=1S/C27H33N5OS/c1-16(2)13-23-24(25(33)29-22-12-11-17(3)14-19(22)5)20(6)28-26-30-27(31-32(23)26)34-15-21-10-8-7-9-18(21)4/h7-12,14,16,23H,13,15H2,1-6H3,(H,29,33)(H,28,30,31)/t23-/m0/s1. The van der Waals surface area contributed by atoms with Gasteiger partial charge in [0.2, 0.25) is 11.1 Å². The number of benzene rings is 2. The summed E-state index contributed by atoms with van der Waals surface area (Å²) in [7, 11) is 0. The second-order valence-corrected chi connectivity index (χ2v) is 10.4. The van der Waals surface area contributed by atoms with E-state index in [0.29, 0.717) is 22.6 Å². The van der Waals surface area contributed by atoms with Crippen LogP contribution in [0.15, 0.2) is 58.9 Å². The first kappa shape index (κ1) is 24.1. The van der Waals surface area contributed by atoms with Crippen LogP contribution in [-0.4, -0.2) is 20.7 Å². The lowest BCUT2D eigenvalue weighted by Gasteiger charge is -2.29. The third-order valence-electron chi connectivity index (χ3n) is 6.13. The number of hydrogen-bond donors (Lipinski definition) is 2. The van der Waals surface area contributed by atoms with E-state index < -0.39 is 0 Å². The lowest BCUT2D eigenvalue weighted by molar-refractivity contribution is -0.113. The molecular weight excluding hydrogens is 442 g/mol. The molecule has 2 aromatic carbocycles. The number of aryl methyl sites for hydroxylation is 3. The first-order chi connectivity index (χ1) is 16.2. The summed E-state index contributed by atoms with van der Waals surface area (Å²) >= 11 is 1.62. The number of allylic oxidation sites excluding steroid dienone is 1. The van der Waals surface area contributed by atoms with Crippen molar-refractivity contribution in [2.24, 2.45) is 5.92 Å². The van der Waals surface area contributed by atoms with Gasteiger partial charge in [-0.05, 0) is 62.8 Å². The lowest BCUT2D eigenvalue weighted by atomic mass is 9.93. The highest BCUT2D eigenvalue weighted by atomic mass is 32.2. The molecule has 6 nitrogen and oxygen atoms in total. The van der Waals surface area contributed by atoms with Crippen molar-refractivity contribution in [3.05, 3.63) is 76.0 Å². The molecule has 1 aliphatic rings. The monoisotopic (exact) mass is 475 g/mol. The molecule has 2 N–H and O–H groups in total. The summed E-state index contributed by atoms with van der Waals surface area (Å²) in [4.78, 5) is 18.2. The van der Waals surface area contributed by atoms with Crippen molar-refractivity contribution in [2.45, 2.75) is 64.9 Å². The highest BCUT2D eigenvalue weighted by Gasteiger charge is 2.33. The zero-order valence-corrected chi connectivity index (χ0v) is 21.6. The van der Waals surface area contributed by atoms with Crippen LogP contribution in [0.4, 0.5) is 11.6 Å². The van der Waals surface area contributed by atoms with Gasteiger partial charge in [-0.2, -0.15) is 4.98 Å². The number of rotatable bonds is 7. The minimum atomic E-state index is -0.178. The summed E-state index contributed by atoms with van der Waals surface area (Å²) in [5, 5.41) is 12.0. The van der Waals surface area contributed by atoms with Crippen LogP contribution in [0.1, 0.15) is 55.5 Å². The summed E-state index contributed by atoms with van der Waals surface area (Å²) in [6.07, 6.45) is 0.799. The van der Waals surface area contributed by atoms with Crippen LogP contribution in [0.2, 0.25) is 0 Å². The quantitative estimate of drug-likeness (QED) is 0.386. The van der Waals surface area contributed by atoms with E-state index in [1.165, 1.54) is 16.7 Å². The van der Waals surface area contributed by atoms with E-state index in [0.717, 1.165) is 29.1 Å². The lowest BCUT2D eigenvalue weighted by Crippen LogP contribution is -2.31. The van der Waals surface area contributed by atoms with E-state index in [1.807, 2.05) is 30.7 Å².